The highest BCUT2D eigenvalue weighted by Crippen LogP contribution is 2.52. The van der Waals surface area contributed by atoms with E-state index in [1.807, 2.05) is 0 Å². The summed E-state index contributed by atoms with van der Waals surface area (Å²) in [5.41, 5.74) is 3.98. The molecule has 4 atom stereocenters. The molecule has 0 heterocycles. The van der Waals surface area contributed by atoms with Gasteiger partial charge in [0.2, 0.25) is 0 Å². The fourth-order valence-electron chi connectivity index (χ4n) is 6.09. The van der Waals surface area contributed by atoms with E-state index in [2.05, 4.69) is 4.74 Å². The maximum Gasteiger partial charge on any atom is 0.422 e. The molecule has 3 unspecified atom stereocenters. The molecule has 0 spiro atoms. The molecule has 1 aromatic carbocycles. The normalized spacial score (nSPS) is 24.5. The van der Waals surface area contributed by atoms with Gasteiger partial charge < -0.3 is 30.7 Å². The minimum absolute atomic E-state index is 0.0458. The summed E-state index contributed by atoms with van der Waals surface area (Å²) in [5, 5.41) is 33.1. The minimum atomic E-state index is -4.82. The summed E-state index contributed by atoms with van der Waals surface area (Å²) in [4.78, 5) is 54.7. The van der Waals surface area contributed by atoms with Crippen molar-refractivity contribution in [2.24, 2.45) is 23.5 Å². The van der Waals surface area contributed by atoms with Crippen molar-refractivity contribution >= 4 is 34.9 Å². The number of aromatic hydroxyl groups is 1. The predicted molar refractivity (Wildman–Crippen MR) is 133 cm³/mol. The zero-order chi connectivity index (χ0) is 30.0. The van der Waals surface area contributed by atoms with E-state index in [0.717, 1.165) is 6.07 Å². The Morgan fingerprint density at radius 3 is 2.25 bits per heavy atom. The molecule has 0 bridgehead atoms. The van der Waals surface area contributed by atoms with Crippen LogP contribution in [0.5, 0.6) is 5.75 Å². The Hall–Kier alpha value is -4.07. The number of aliphatic hydroxyl groups is 2. The molecule has 1 amide bonds. The van der Waals surface area contributed by atoms with Gasteiger partial charge in [0.05, 0.1) is 17.5 Å². The summed E-state index contributed by atoms with van der Waals surface area (Å²) in [6, 6.07) is 0.228. The van der Waals surface area contributed by atoms with Gasteiger partial charge in [0.1, 0.15) is 28.4 Å². The summed E-state index contributed by atoms with van der Waals surface area (Å²) in [5.74, 6) is -9.68. The number of phenols is 1. The monoisotopic (exact) mass is 567 g/mol. The highest BCUT2D eigenvalue weighted by Gasteiger charge is 2.56. The Morgan fingerprint density at radius 2 is 1.73 bits per heavy atom. The number of hydrogen-bond donors (Lipinski definition) is 4. The van der Waals surface area contributed by atoms with Crippen LogP contribution in [0, 0.1) is 17.8 Å². The van der Waals surface area contributed by atoms with Gasteiger partial charge in [-0.3, -0.25) is 19.3 Å². The number of fused-ring (bicyclic) bond motifs is 3. The van der Waals surface area contributed by atoms with Crippen LogP contribution in [-0.4, -0.2) is 90.7 Å². The third-order valence-corrected chi connectivity index (χ3v) is 7.61. The van der Waals surface area contributed by atoms with Crippen molar-refractivity contribution in [1.29, 1.82) is 0 Å². The molecule has 3 aliphatic rings. The number of nitrogens with zero attached hydrogens (tertiary/aromatic N) is 2. The molecule has 1 saturated carbocycles. The first-order chi connectivity index (χ1) is 18.5. The van der Waals surface area contributed by atoms with E-state index in [-0.39, 0.29) is 29.7 Å². The number of ketones is 2. The first-order valence-electron chi connectivity index (χ1n) is 12.2. The second-order valence-corrected chi connectivity index (χ2v) is 10.5. The van der Waals surface area contributed by atoms with Crippen molar-refractivity contribution in [3.63, 3.8) is 0 Å². The van der Waals surface area contributed by atoms with E-state index < -0.39 is 88.4 Å². The molecule has 216 valence electrons. The van der Waals surface area contributed by atoms with Crippen LogP contribution >= 0.6 is 0 Å². The molecule has 11 nitrogen and oxygen atoms in total. The Bertz CT molecular complexity index is 1400. The number of carbonyl (C=O) groups excluding carboxylic acids is 4. The van der Waals surface area contributed by atoms with Gasteiger partial charge in [0.25, 0.3) is 5.91 Å². The van der Waals surface area contributed by atoms with E-state index >= 15 is 0 Å². The van der Waals surface area contributed by atoms with Crippen molar-refractivity contribution in [1.82, 2.24) is 4.90 Å². The number of halogens is 3. The standard InChI is InChI=1S/C26H28F3N3O8/c1-31(2)13-7-12(25(39)40-8-26(27,28)29)19(33)15-10(13)5-9-6-11-16(21(35)14(9)20(15)34)22(36)17(24(30)38)23(37)18(11)32(3)4/h7,9,11,16,18,33-34,37H,5-6,8H2,1-4H3,(H2,30,38)/t9?,11?,16?,18-/m0/s1. The zero-order valence-electron chi connectivity index (χ0n) is 22.0. The number of ether oxygens (including phenoxy) is 1. The van der Waals surface area contributed by atoms with Gasteiger partial charge >= 0.3 is 12.1 Å². The number of benzene rings is 1. The molecular formula is C26H28F3N3O8. The Balaban J connectivity index is 1.88. The lowest BCUT2D eigenvalue weighted by molar-refractivity contribution is -0.161. The van der Waals surface area contributed by atoms with E-state index in [0.29, 0.717) is 5.56 Å². The van der Waals surface area contributed by atoms with Gasteiger partial charge in [-0.05, 0) is 50.4 Å². The van der Waals surface area contributed by atoms with Gasteiger partial charge in [-0.15, -0.1) is 0 Å². The predicted octanol–water partition coefficient (Wildman–Crippen LogP) is 1.63. The maximum absolute atomic E-state index is 13.8. The number of primary amides is 1. The number of phenolic OH excluding ortho intramolecular Hbond substituents is 1. The van der Waals surface area contributed by atoms with Gasteiger partial charge in [-0.2, -0.15) is 13.2 Å². The number of aliphatic hydroxyl groups excluding tert-OH is 2. The van der Waals surface area contributed by atoms with Crippen LogP contribution in [0.25, 0.3) is 5.76 Å². The van der Waals surface area contributed by atoms with Crippen molar-refractivity contribution in [2.45, 2.75) is 25.1 Å². The topological polar surface area (TPSA) is 171 Å². The number of esters is 1. The number of rotatable bonds is 5. The number of likely N-dealkylation sites (N-methyl/N-ethyl adjacent to an activating group) is 1. The number of Topliss-reactive ketones (excluding diaryl/α,β-unsaturated/α-hetero) is 2. The lowest BCUT2D eigenvalue weighted by atomic mass is 9.59. The summed E-state index contributed by atoms with van der Waals surface area (Å²) in [6.45, 7) is -1.91. The van der Waals surface area contributed by atoms with Gasteiger partial charge in [0, 0.05) is 25.4 Å². The molecule has 0 radical (unpaired) electrons. The summed E-state index contributed by atoms with van der Waals surface area (Å²) in [6.07, 6.45) is -4.66. The Labute approximate surface area is 226 Å². The van der Waals surface area contributed by atoms with E-state index in [1.165, 1.54) is 4.90 Å². The summed E-state index contributed by atoms with van der Waals surface area (Å²) in [7, 11) is 6.34. The van der Waals surface area contributed by atoms with Crippen LogP contribution in [0.4, 0.5) is 18.9 Å². The highest BCUT2D eigenvalue weighted by atomic mass is 19.4. The van der Waals surface area contributed by atoms with Crippen molar-refractivity contribution < 1.29 is 52.4 Å². The SMILES string of the molecule is CN(C)c1cc(C(=O)OCC(F)(F)F)c(O)c2c1CC1CC3C(C(=O)C(C(N)=O)=C(O)[C@H]3N(C)C)C(=O)C1=C2O. The largest absolute Gasteiger partial charge is 0.510 e. The van der Waals surface area contributed by atoms with E-state index in [1.54, 1.807) is 33.1 Å². The van der Waals surface area contributed by atoms with E-state index in [9.17, 15) is 47.7 Å². The van der Waals surface area contributed by atoms with Crippen LogP contribution in [0.15, 0.2) is 23.0 Å². The summed E-state index contributed by atoms with van der Waals surface area (Å²) < 4.78 is 42.2. The lowest BCUT2D eigenvalue weighted by Gasteiger charge is -2.46. The maximum atomic E-state index is 13.8. The highest BCUT2D eigenvalue weighted by molar-refractivity contribution is 6.28. The number of allylic oxidation sites excluding steroid dienone is 1. The average Bonchev–Trinajstić information content (AvgIpc) is 2.81. The number of anilines is 1. The van der Waals surface area contributed by atoms with Crippen LogP contribution in [-0.2, 0) is 25.5 Å². The third kappa shape index (κ3) is 4.55. The summed E-state index contributed by atoms with van der Waals surface area (Å²) >= 11 is 0. The third-order valence-electron chi connectivity index (χ3n) is 7.61. The first-order valence-corrected chi connectivity index (χ1v) is 12.2. The van der Waals surface area contributed by atoms with Crippen LogP contribution in [0.1, 0.15) is 27.9 Å². The van der Waals surface area contributed by atoms with E-state index in [4.69, 9.17) is 5.73 Å². The molecule has 40 heavy (non-hydrogen) atoms. The smallest absolute Gasteiger partial charge is 0.422 e. The van der Waals surface area contributed by atoms with Crippen LogP contribution in [0.3, 0.4) is 0 Å². The molecule has 1 aromatic rings. The lowest BCUT2D eigenvalue weighted by Crippen LogP contribution is -2.55. The first kappa shape index (κ1) is 28.9. The molecule has 0 aromatic heterocycles. The Kier molecular flexibility index (Phi) is 7.12. The number of alkyl halides is 3. The molecule has 1 fully saturated rings. The van der Waals surface area contributed by atoms with Crippen LogP contribution in [0.2, 0.25) is 0 Å². The van der Waals surface area contributed by atoms with Gasteiger partial charge in [0.15, 0.2) is 18.2 Å². The number of amides is 1. The fourth-order valence-corrected chi connectivity index (χ4v) is 6.09. The van der Waals surface area contributed by atoms with Crippen molar-refractivity contribution in [2.75, 3.05) is 39.7 Å². The molecule has 0 saturated heterocycles. The molecule has 14 heteroatoms. The van der Waals surface area contributed by atoms with Crippen LogP contribution < -0.4 is 10.6 Å². The molecule has 0 aliphatic heterocycles. The number of hydrogen-bond acceptors (Lipinski definition) is 10. The molecule has 5 N–H and O–H groups in total. The molecule has 3 aliphatic carbocycles. The van der Waals surface area contributed by atoms with Gasteiger partial charge in [-0.1, -0.05) is 0 Å². The van der Waals surface area contributed by atoms with Crippen molar-refractivity contribution in [3.05, 3.63) is 39.7 Å². The zero-order valence-corrected chi connectivity index (χ0v) is 22.0. The average molecular weight is 568 g/mol. The second-order valence-electron chi connectivity index (χ2n) is 10.5. The van der Waals surface area contributed by atoms with Crippen molar-refractivity contribution in [3.8, 4) is 5.75 Å². The Morgan fingerprint density at radius 1 is 1.10 bits per heavy atom. The quantitative estimate of drug-likeness (QED) is 0.233. The fraction of sp³-hybridized carbons (Fsp3) is 0.462. The number of nitrogens with two attached hydrogens (primary N) is 1. The number of carbonyl (C=O) groups is 4. The molecule has 4 rings (SSSR count). The van der Waals surface area contributed by atoms with Gasteiger partial charge in [-0.25, -0.2) is 4.79 Å². The molecular weight excluding hydrogens is 539 g/mol. The minimum Gasteiger partial charge on any atom is -0.510 e. The second kappa shape index (κ2) is 9.84.